The first-order valence-electron chi connectivity index (χ1n) is 10.1. The molecule has 0 saturated carbocycles. The molecule has 1 heterocycles. The Morgan fingerprint density at radius 1 is 1.12 bits per heavy atom. The normalized spacial score (nSPS) is 11.2. The molecule has 3 aromatic rings. The molecule has 0 aliphatic heterocycles. The summed E-state index contributed by atoms with van der Waals surface area (Å²) < 4.78 is 15.3. The molecule has 0 atom stereocenters. The van der Waals surface area contributed by atoms with Crippen molar-refractivity contribution in [2.24, 2.45) is 0 Å². The van der Waals surface area contributed by atoms with E-state index in [1.54, 1.807) is 60.7 Å². The van der Waals surface area contributed by atoms with Crippen LogP contribution in [-0.4, -0.2) is 33.4 Å². The highest BCUT2D eigenvalue weighted by molar-refractivity contribution is 7.98. The van der Waals surface area contributed by atoms with Gasteiger partial charge in [-0.2, -0.15) is 17.2 Å². The number of aromatic nitrogens is 2. The van der Waals surface area contributed by atoms with Crippen LogP contribution in [0, 0.1) is 5.82 Å². The van der Waals surface area contributed by atoms with Gasteiger partial charge >= 0.3 is 5.97 Å². The summed E-state index contributed by atoms with van der Waals surface area (Å²) in [6, 6.07) is 13.2. The lowest BCUT2D eigenvalue weighted by Crippen LogP contribution is -2.27. The molecule has 0 radical (unpaired) electrons. The summed E-state index contributed by atoms with van der Waals surface area (Å²) in [5, 5.41) is 0. The van der Waals surface area contributed by atoms with Crippen LogP contribution in [0.2, 0.25) is 0 Å². The number of allylic oxidation sites excluding steroid dienone is 1. The molecule has 0 bridgehead atoms. The van der Waals surface area contributed by atoms with Crippen LogP contribution in [-0.2, 0) is 16.2 Å². The van der Waals surface area contributed by atoms with E-state index in [1.165, 1.54) is 12.1 Å². The highest BCUT2D eigenvalue weighted by Crippen LogP contribution is 2.21. The predicted molar refractivity (Wildman–Crippen MR) is 124 cm³/mol. The van der Waals surface area contributed by atoms with Crippen LogP contribution in [0.15, 0.2) is 67.3 Å². The van der Waals surface area contributed by atoms with Crippen molar-refractivity contribution in [1.29, 1.82) is 0 Å². The third kappa shape index (κ3) is 7.09. The van der Waals surface area contributed by atoms with Gasteiger partial charge in [0.25, 0.3) is 5.91 Å². The van der Waals surface area contributed by atoms with Crippen LogP contribution in [0.3, 0.4) is 0 Å². The Morgan fingerprint density at radius 3 is 2.50 bits per heavy atom. The maximum absolute atomic E-state index is 13.4. The second-order valence-electron chi connectivity index (χ2n) is 7.04. The average molecular weight is 454 g/mol. The van der Waals surface area contributed by atoms with Crippen molar-refractivity contribution in [3.8, 4) is 0 Å². The summed E-state index contributed by atoms with van der Waals surface area (Å²) >= 11 is 1.65. The number of benzene rings is 2. The predicted octanol–water partition coefficient (Wildman–Crippen LogP) is 4.59. The zero-order valence-corrected chi connectivity index (χ0v) is 18.5. The lowest BCUT2D eigenvalue weighted by atomic mass is 10.0. The minimum absolute atomic E-state index is 0.258. The quantitative estimate of drug-likeness (QED) is 0.291. The van der Waals surface area contributed by atoms with E-state index in [0.717, 1.165) is 22.5 Å². The van der Waals surface area contributed by atoms with Crippen molar-refractivity contribution >= 4 is 35.3 Å². The fraction of sp³-hybridized carbons (Fsp3) is 0.208. The molecule has 8 heteroatoms. The van der Waals surface area contributed by atoms with Crippen LogP contribution in [0.5, 0.6) is 0 Å². The van der Waals surface area contributed by atoms with Gasteiger partial charge in [-0.1, -0.05) is 24.3 Å². The van der Waals surface area contributed by atoms with Gasteiger partial charge in [0.15, 0.2) is 0 Å². The summed E-state index contributed by atoms with van der Waals surface area (Å²) in [5.41, 5.74) is 5.28. The molecule has 166 valence electrons. The van der Waals surface area contributed by atoms with Gasteiger partial charge in [-0.3, -0.25) is 4.79 Å². The number of hydrogen-bond acceptors (Lipinski definition) is 5. The molecule has 3 rings (SSSR count). The Balaban J connectivity index is 1.68. The molecule has 1 amide bonds. The van der Waals surface area contributed by atoms with Gasteiger partial charge in [0.2, 0.25) is 0 Å². The van der Waals surface area contributed by atoms with Gasteiger partial charge in [0.1, 0.15) is 5.82 Å². The molecule has 0 aliphatic rings. The highest BCUT2D eigenvalue weighted by Gasteiger charge is 2.10. The fourth-order valence-corrected chi connectivity index (χ4v) is 3.40. The second kappa shape index (κ2) is 11.9. The summed E-state index contributed by atoms with van der Waals surface area (Å²) in [5.74, 6) is -0.388. The number of thioether (sulfide) groups is 1. The molecule has 0 saturated heterocycles. The molecule has 1 aromatic heterocycles. The van der Waals surface area contributed by atoms with E-state index in [0.29, 0.717) is 18.5 Å². The minimum Gasteiger partial charge on any atom is -0.341 e. The van der Waals surface area contributed by atoms with Gasteiger partial charge in [0.05, 0.1) is 6.33 Å². The lowest BCUT2D eigenvalue weighted by molar-refractivity contribution is -0.149. The van der Waals surface area contributed by atoms with Crippen molar-refractivity contribution in [1.82, 2.24) is 15.0 Å². The Morgan fingerprint density at radius 2 is 1.84 bits per heavy atom. The van der Waals surface area contributed by atoms with Crippen LogP contribution in [0.1, 0.15) is 34.3 Å². The molecule has 0 spiro atoms. The van der Waals surface area contributed by atoms with Crippen LogP contribution >= 0.6 is 11.8 Å². The molecular weight excluding hydrogens is 429 g/mol. The number of hydroxylamine groups is 1. The molecule has 2 aromatic carbocycles. The maximum Gasteiger partial charge on any atom is 0.332 e. The number of amides is 1. The smallest absolute Gasteiger partial charge is 0.332 e. The second-order valence-corrected chi connectivity index (χ2v) is 8.02. The number of rotatable bonds is 9. The highest BCUT2D eigenvalue weighted by atomic mass is 32.2. The maximum atomic E-state index is 13.4. The number of nitrogens with zero attached hydrogens (tertiary/aromatic N) is 2. The third-order valence-electron chi connectivity index (χ3n) is 4.63. The van der Waals surface area contributed by atoms with Gasteiger partial charge < -0.3 is 9.40 Å². The standard InChI is InChI=1S/C24H24FN3O3S/c1-32-14-2-3-23(29)31-27-24(30)20-6-4-18(5-7-20)15-21(16-28-13-12-26-17-28)19-8-10-22(25)11-9-19/h4-13,15,17H,2-3,14,16H2,1H3,(H,27,30). The number of carbonyl (C=O) groups excluding carboxylic acids is 2. The van der Waals surface area contributed by atoms with Gasteiger partial charge in [-0.15, -0.1) is 0 Å². The Labute approximate surface area is 190 Å². The first-order valence-corrected chi connectivity index (χ1v) is 11.5. The average Bonchev–Trinajstić information content (AvgIpc) is 3.31. The van der Waals surface area contributed by atoms with E-state index < -0.39 is 11.9 Å². The first kappa shape index (κ1) is 23.3. The molecule has 1 N–H and O–H groups in total. The van der Waals surface area contributed by atoms with Crippen LogP contribution in [0.4, 0.5) is 4.39 Å². The zero-order chi connectivity index (χ0) is 22.8. The van der Waals surface area contributed by atoms with E-state index >= 15 is 0 Å². The topological polar surface area (TPSA) is 73.2 Å². The van der Waals surface area contributed by atoms with Crippen LogP contribution in [0.25, 0.3) is 11.6 Å². The lowest BCUT2D eigenvalue weighted by Gasteiger charge is -2.10. The molecule has 0 fully saturated rings. The molecule has 32 heavy (non-hydrogen) atoms. The first-order chi connectivity index (χ1) is 15.5. The van der Waals surface area contributed by atoms with Crippen molar-refractivity contribution in [2.45, 2.75) is 19.4 Å². The molecule has 0 unspecified atom stereocenters. The largest absolute Gasteiger partial charge is 0.341 e. The number of nitrogens with one attached hydrogen (secondary N) is 1. The van der Waals surface area contributed by atoms with Crippen LogP contribution < -0.4 is 5.48 Å². The Bertz CT molecular complexity index is 1050. The summed E-state index contributed by atoms with van der Waals surface area (Å²) in [6.45, 7) is 0.556. The SMILES string of the molecule is CSCCCC(=O)ONC(=O)c1ccc(C=C(Cn2ccnc2)c2ccc(F)cc2)cc1. The number of halogens is 1. The van der Waals surface area contributed by atoms with Crippen molar-refractivity contribution in [3.05, 3.63) is 89.8 Å². The van der Waals surface area contributed by atoms with Gasteiger partial charge in [0, 0.05) is 30.9 Å². The van der Waals surface area contributed by atoms with Gasteiger partial charge in [-0.25, -0.2) is 14.2 Å². The van der Waals surface area contributed by atoms with E-state index in [4.69, 9.17) is 4.84 Å². The molecule has 6 nitrogen and oxygen atoms in total. The van der Waals surface area contributed by atoms with Crippen molar-refractivity contribution in [2.75, 3.05) is 12.0 Å². The Kier molecular flexibility index (Phi) is 8.62. The Hall–Kier alpha value is -3.39. The van der Waals surface area contributed by atoms with E-state index in [-0.39, 0.29) is 12.2 Å². The molecule has 0 aliphatic carbocycles. The number of hydrogen-bond donors (Lipinski definition) is 1. The van der Waals surface area contributed by atoms with Crippen molar-refractivity contribution in [3.63, 3.8) is 0 Å². The summed E-state index contributed by atoms with van der Waals surface area (Å²) in [6.07, 6.45) is 10.2. The summed E-state index contributed by atoms with van der Waals surface area (Å²) in [4.78, 5) is 32.7. The zero-order valence-electron chi connectivity index (χ0n) is 17.7. The molecular formula is C24H24FN3O3S. The third-order valence-corrected chi connectivity index (χ3v) is 5.32. The number of carbonyl (C=O) groups is 2. The fourth-order valence-electron chi connectivity index (χ4n) is 2.97. The minimum atomic E-state index is -0.490. The number of imidazole rings is 1. The van der Waals surface area contributed by atoms with Crippen molar-refractivity contribution < 1.29 is 18.8 Å². The summed E-state index contributed by atoms with van der Waals surface area (Å²) in [7, 11) is 0. The van der Waals surface area contributed by atoms with Gasteiger partial charge in [-0.05, 0) is 65.5 Å². The van der Waals surface area contributed by atoms with E-state index in [9.17, 15) is 14.0 Å². The van der Waals surface area contributed by atoms with E-state index in [2.05, 4.69) is 10.5 Å². The van der Waals surface area contributed by atoms with E-state index in [1.807, 2.05) is 23.1 Å². The monoisotopic (exact) mass is 453 g/mol.